The first-order valence-corrected chi connectivity index (χ1v) is 3.06. The lowest BCUT2D eigenvalue weighted by atomic mass is 10.3. The number of unbranched alkanes of at least 4 members (excludes halogenated alkanes) is 1. The van der Waals surface area contributed by atoms with Crippen LogP contribution in [0.15, 0.2) is 12.4 Å². The molecule has 0 saturated carbocycles. The zero-order valence-corrected chi connectivity index (χ0v) is 5.56. The maximum Gasteiger partial charge on any atom is 0.0885 e. The number of hydrogen-bond acceptors (Lipinski definition) is 3. The fourth-order valence-corrected chi connectivity index (χ4v) is 0.486. The van der Waals surface area contributed by atoms with Gasteiger partial charge in [0.05, 0.1) is 5.82 Å². The first-order valence-electron chi connectivity index (χ1n) is 3.06. The number of aliphatic hydroxyl groups excluding tert-OH is 1. The fourth-order valence-electron chi connectivity index (χ4n) is 0.486. The molecule has 0 aliphatic rings. The molecular weight excluding hydrogens is 116 g/mol. The molecule has 0 aromatic carbocycles. The van der Waals surface area contributed by atoms with E-state index in [9.17, 15) is 0 Å². The van der Waals surface area contributed by atoms with Crippen molar-refractivity contribution in [2.75, 3.05) is 13.2 Å². The van der Waals surface area contributed by atoms with Crippen LogP contribution in [0.4, 0.5) is 0 Å². The van der Waals surface area contributed by atoms with Gasteiger partial charge in [-0.15, -0.1) is 0 Å². The van der Waals surface area contributed by atoms with E-state index in [0.29, 0.717) is 5.82 Å². The second-order valence-electron chi connectivity index (χ2n) is 1.88. The van der Waals surface area contributed by atoms with Gasteiger partial charge in [-0.2, -0.15) is 0 Å². The van der Waals surface area contributed by atoms with Gasteiger partial charge >= 0.3 is 0 Å². The third kappa shape index (κ3) is 7.30. The first-order chi connectivity index (χ1) is 4.27. The quantitative estimate of drug-likeness (QED) is 0.451. The van der Waals surface area contributed by atoms with Crippen LogP contribution in [-0.2, 0) is 0 Å². The summed E-state index contributed by atoms with van der Waals surface area (Å²) in [6.07, 6.45) is 1.76. The highest BCUT2D eigenvalue weighted by atomic mass is 16.2. The van der Waals surface area contributed by atoms with E-state index in [1.165, 1.54) is 0 Å². The summed E-state index contributed by atoms with van der Waals surface area (Å²) in [5.41, 5.74) is 5.21. The number of rotatable bonds is 5. The van der Waals surface area contributed by atoms with Gasteiger partial charge in [-0.1, -0.05) is 6.58 Å². The van der Waals surface area contributed by atoms with Crippen molar-refractivity contribution in [1.82, 2.24) is 5.32 Å². The molecule has 0 spiro atoms. The highest BCUT2D eigenvalue weighted by molar-refractivity contribution is 4.81. The molecule has 0 radical (unpaired) electrons. The Hall–Kier alpha value is -0.700. The number of nitrogens with two attached hydrogens (primary N) is 1. The average Bonchev–Trinajstić information content (AvgIpc) is 1.80. The minimum atomic E-state index is 0.249. The molecule has 0 unspecified atom stereocenters. The summed E-state index contributed by atoms with van der Waals surface area (Å²) in [7, 11) is 0. The SMILES string of the molecule is C=C(N)NCCCCO. The molecular formula is C6H14N2O. The Kier molecular flexibility index (Phi) is 5.01. The van der Waals surface area contributed by atoms with Crippen LogP contribution in [0.5, 0.6) is 0 Å². The van der Waals surface area contributed by atoms with E-state index in [1.54, 1.807) is 0 Å². The van der Waals surface area contributed by atoms with E-state index < -0.39 is 0 Å². The van der Waals surface area contributed by atoms with E-state index in [2.05, 4.69) is 11.9 Å². The smallest absolute Gasteiger partial charge is 0.0885 e. The Bertz CT molecular complexity index is 83.1. The Morgan fingerprint density at radius 1 is 1.56 bits per heavy atom. The van der Waals surface area contributed by atoms with Gasteiger partial charge in [-0.05, 0) is 12.8 Å². The Labute approximate surface area is 55.6 Å². The zero-order chi connectivity index (χ0) is 7.11. The van der Waals surface area contributed by atoms with Crippen molar-refractivity contribution in [3.05, 3.63) is 12.4 Å². The number of hydrogen-bond donors (Lipinski definition) is 3. The lowest BCUT2D eigenvalue weighted by Gasteiger charge is -2.01. The first kappa shape index (κ1) is 8.30. The van der Waals surface area contributed by atoms with Gasteiger partial charge in [0.1, 0.15) is 0 Å². The number of aliphatic hydroxyl groups is 1. The van der Waals surface area contributed by atoms with Crippen molar-refractivity contribution in [1.29, 1.82) is 0 Å². The maximum atomic E-state index is 8.35. The highest BCUT2D eigenvalue weighted by Gasteiger charge is 1.84. The molecule has 4 N–H and O–H groups in total. The van der Waals surface area contributed by atoms with Crippen molar-refractivity contribution >= 4 is 0 Å². The van der Waals surface area contributed by atoms with Crippen LogP contribution in [0.1, 0.15) is 12.8 Å². The molecule has 0 aliphatic heterocycles. The van der Waals surface area contributed by atoms with Crippen molar-refractivity contribution in [3.8, 4) is 0 Å². The Balaban J connectivity index is 2.83. The summed E-state index contributed by atoms with van der Waals surface area (Å²) >= 11 is 0. The summed E-state index contributed by atoms with van der Waals surface area (Å²) < 4.78 is 0. The lowest BCUT2D eigenvalue weighted by Crippen LogP contribution is -2.19. The summed E-state index contributed by atoms with van der Waals surface area (Å²) in [5, 5.41) is 11.2. The molecule has 0 heterocycles. The van der Waals surface area contributed by atoms with Crippen LogP contribution in [0.2, 0.25) is 0 Å². The highest BCUT2D eigenvalue weighted by Crippen LogP contribution is 1.83. The van der Waals surface area contributed by atoms with Crippen LogP contribution in [0.3, 0.4) is 0 Å². The maximum absolute atomic E-state index is 8.35. The van der Waals surface area contributed by atoms with E-state index >= 15 is 0 Å². The topological polar surface area (TPSA) is 58.3 Å². The molecule has 0 atom stereocenters. The standard InChI is InChI=1S/C6H14N2O/c1-6(7)8-4-2-3-5-9/h8-9H,1-5,7H2. The average molecular weight is 130 g/mol. The molecule has 0 rings (SSSR count). The summed E-state index contributed by atoms with van der Waals surface area (Å²) in [6.45, 7) is 4.51. The van der Waals surface area contributed by atoms with Crippen LogP contribution in [0.25, 0.3) is 0 Å². The van der Waals surface area contributed by atoms with Crippen LogP contribution in [0, 0.1) is 0 Å². The van der Waals surface area contributed by atoms with E-state index in [-0.39, 0.29) is 6.61 Å². The summed E-state index contributed by atoms with van der Waals surface area (Å²) in [5.74, 6) is 0.493. The molecule has 54 valence electrons. The van der Waals surface area contributed by atoms with E-state index in [1.807, 2.05) is 0 Å². The van der Waals surface area contributed by atoms with Crippen LogP contribution in [-0.4, -0.2) is 18.3 Å². The van der Waals surface area contributed by atoms with Crippen molar-refractivity contribution in [3.63, 3.8) is 0 Å². The molecule has 0 bridgehead atoms. The van der Waals surface area contributed by atoms with E-state index in [0.717, 1.165) is 19.4 Å². The molecule has 0 aromatic rings. The summed E-state index contributed by atoms with van der Waals surface area (Å²) in [4.78, 5) is 0. The minimum Gasteiger partial charge on any atom is -0.396 e. The molecule has 0 aliphatic carbocycles. The second kappa shape index (κ2) is 5.44. The predicted octanol–water partition coefficient (Wildman–Crippen LogP) is -0.222. The zero-order valence-electron chi connectivity index (χ0n) is 5.56. The van der Waals surface area contributed by atoms with Crippen molar-refractivity contribution in [2.24, 2.45) is 5.73 Å². The molecule has 3 heteroatoms. The molecule has 0 aromatic heterocycles. The van der Waals surface area contributed by atoms with Crippen molar-refractivity contribution < 1.29 is 5.11 Å². The predicted molar refractivity (Wildman–Crippen MR) is 37.6 cm³/mol. The lowest BCUT2D eigenvalue weighted by molar-refractivity contribution is 0.284. The molecule has 0 fully saturated rings. The van der Waals surface area contributed by atoms with Gasteiger partial charge in [0, 0.05) is 13.2 Å². The van der Waals surface area contributed by atoms with Crippen LogP contribution < -0.4 is 11.1 Å². The molecule has 3 nitrogen and oxygen atoms in total. The Morgan fingerprint density at radius 3 is 2.67 bits per heavy atom. The normalized spacial score (nSPS) is 9.00. The molecule has 0 amide bonds. The van der Waals surface area contributed by atoms with Gasteiger partial charge in [0.25, 0.3) is 0 Å². The van der Waals surface area contributed by atoms with Crippen LogP contribution >= 0.6 is 0 Å². The fraction of sp³-hybridized carbons (Fsp3) is 0.667. The largest absolute Gasteiger partial charge is 0.396 e. The monoisotopic (exact) mass is 130 g/mol. The van der Waals surface area contributed by atoms with Gasteiger partial charge in [0.2, 0.25) is 0 Å². The van der Waals surface area contributed by atoms with Gasteiger partial charge in [-0.25, -0.2) is 0 Å². The van der Waals surface area contributed by atoms with Crippen molar-refractivity contribution in [2.45, 2.75) is 12.8 Å². The van der Waals surface area contributed by atoms with E-state index in [4.69, 9.17) is 10.8 Å². The Morgan fingerprint density at radius 2 is 2.22 bits per heavy atom. The van der Waals surface area contributed by atoms with Gasteiger partial charge < -0.3 is 16.2 Å². The third-order valence-corrected chi connectivity index (χ3v) is 0.937. The third-order valence-electron chi connectivity index (χ3n) is 0.937. The number of nitrogens with one attached hydrogen (secondary N) is 1. The molecule has 9 heavy (non-hydrogen) atoms. The van der Waals surface area contributed by atoms with Gasteiger partial charge in [0.15, 0.2) is 0 Å². The minimum absolute atomic E-state index is 0.249. The van der Waals surface area contributed by atoms with Gasteiger partial charge in [-0.3, -0.25) is 0 Å². The molecule has 0 saturated heterocycles. The second-order valence-corrected chi connectivity index (χ2v) is 1.88. The summed E-state index contributed by atoms with van der Waals surface area (Å²) in [6, 6.07) is 0.